The first-order valence-electron chi connectivity index (χ1n) is 6.94. The van der Waals surface area contributed by atoms with Crippen molar-refractivity contribution in [3.8, 4) is 0 Å². The van der Waals surface area contributed by atoms with Crippen molar-refractivity contribution >= 4 is 21.0 Å². The molecule has 0 bridgehead atoms. The van der Waals surface area contributed by atoms with Crippen LogP contribution in [-0.4, -0.2) is 19.4 Å². The largest absolute Gasteiger partial charge is 0.461 e. The van der Waals surface area contributed by atoms with Gasteiger partial charge < -0.3 is 4.42 Å². The normalized spacial score (nSPS) is 13.3. The number of benzene rings is 1. The van der Waals surface area contributed by atoms with Gasteiger partial charge >= 0.3 is 0 Å². The lowest BCUT2D eigenvalue weighted by atomic mass is 10.2. The summed E-state index contributed by atoms with van der Waals surface area (Å²) in [5.41, 5.74) is 0.805. The molecule has 1 aromatic carbocycles. The summed E-state index contributed by atoms with van der Waals surface area (Å²) in [6.07, 6.45) is 3.35. The van der Waals surface area contributed by atoms with E-state index in [0.717, 1.165) is 16.7 Å². The molecule has 0 spiro atoms. The predicted octanol–water partition coefficient (Wildman–Crippen LogP) is 2.74. The summed E-state index contributed by atoms with van der Waals surface area (Å²) in [4.78, 5) is 3.99. The molecule has 3 rings (SSSR count). The number of para-hydroxylation sites is 1. The minimum Gasteiger partial charge on any atom is -0.461 e. The number of furan rings is 1. The fourth-order valence-corrected chi connectivity index (χ4v) is 3.53. The highest BCUT2D eigenvalue weighted by Gasteiger charge is 2.18. The highest BCUT2D eigenvalue weighted by Crippen LogP contribution is 2.20. The molecular weight excluding hydrogens is 300 g/mol. The number of aromatic nitrogens is 1. The maximum atomic E-state index is 12.2. The first-order valence-corrected chi connectivity index (χ1v) is 8.43. The van der Waals surface area contributed by atoms with E-state index in [1.165, 1.54) is 18.5 Å². The number of fused-ring (bicyclic) bond motifs is 1. The second-order valence-electron chi connectivity index (χ2n) is 5.17. The summed E-state index contributed by atoms with van der Waals surface area (Å²) in [7, 11) is -3.56. The Bertz CT molecular complexity index is 840. The molecule has 22 heavy (non-hydrogen) atoms. The van der Waals surface area contributed by atoms with E-state index in [1.807, 2.05) is 30.3 Å². The van der Waals surface area contributed by atoms with Gasteiger partial charge in [0.25, 0.3) is 0 Å². The molecule has 0 radical (unpaired) electrons. The van der Waals surface area contributed by atoms with Crippen LogP contribution in [0.3, 0.4) is 0 Å². The second-order valence-corrected chi connectivity index (χ2v) is 6.88. The Labute approximate surface area is 129 Å². The first kappa shape index (κ1) is 14.7. The van der Waals surface area contributed by atoms with Crippen LogP contribution in [0.1, 0.15) is 12.7 Å². The quantitative estimate of drug-likeness (QED) is 0.785. The first-order chi connectivity index (χ1) is 10.5. The van der Waals surface area contributed by atoms with Crippen LogP contribution < -0.4 is 4.72 Å². The average Bonchev–Trinajstić information content (AvgIpc) is 2.89. The zero-order chi connectivity index (χ0) is 15.6. The minimum absolute atomic E-state index is 0.159. The molecule has 0 saturated carbocycles. The van der Waals surface area contributed by atoms with Gasteiger partial charge in [0.2, 0.25) is 10.0 Å². The maximum Gasteiger partial charge on any atom is 0.242 e. The molecular formula is C16H16N2O3S. The molecule has 0 aliphatic carbocycles. The molecule has 0 aliphatic rings. The summed E-state index contributed by atoms with van der Waals surface area (Å²) in [6, 6.07) is 12.5. The van der Waals surface area contributed by atoms with Crippen LogP contribution in [0.15, 0.2) is 64.2 Å². The third-order valence-electron chi connectivity index (χ3n) is 3.28. The summed E-state index contributed by atoms with van der Waals surface area (Å²) >= 11 is 0. The lowest BCUT2D eigenvalue weighted by Crippen LogP contribution is -2.34. The van der Waals surface area contributed by atoms with Gasteiger partial charge in [-0.15, -0.1) is 0 Å². The van der Waals surface area contributed by atoms with E-state index >= 15 is 0 Å². The summed E-state index contributed by atoms with van der Waals surface area (Å²) < 4.78 is 32.8. The lowest BCUT2D eigenvalue weighted by molar-refractivity contribution is 0.504. The van der Waals surface area contributed by atoms with Crippen molar-refractivity contribution in [3.63, 3.8) is 0 Å². The van der Waals surface area contributed by atoms with E-state index in [0.29, 0.717) is 6.42 Å². The van der Waals surface area contributed by atoms with Gasteiger partial charge in [0.05, 0.1) is 0 Å². The number of hydrogen-bond acceptors (Lipinski definition) is 4. The van der Waals surface area contributed by atoms with E-state index in [-0.39, 0.29) is 10.9 Å². The maximum absolute atomic E-state index is 12.2. The van der Waals surface area contributed by atoms with Crippen molar-refractivity contribution in [1.82, 2.24) is 9.71 Å². The number of nitrogens with one attached hydrogen (secondary N) is 1. The van der Waals surface area contributed by atoms with E-state index in [1.54, 1.807) is 13.0 Å². The smallest absolute Gasteiger partial charge is 0.242 e. The SMILES string of the molecule is CC(Cc1cc2ccccc2o1)NS(=O)(=O)c1cccnc1. The van der Waals surface area contributed by atoms with Gasteiger partial charge in [-0.05, 0) is 31.2 Å². The van der Waals surface area contributed by atoms with Crippen LogP contribution in [0, 0.1) is 0 Å². The van der Waals surface area contributed by atoms with Crippen LogP contribution in [-0.2, 0) is 16.4 Å². The van der Waals surface area contributed by atoms with E-state index in [4.69, 9.17) is 4.42 Å². The van der Waals surface area contributed by atoms with Crippen molar-refractivity contribution < 1.29 is 12.8 Å². The summed E-state index contributed by atoms with van der Waals surface area (Å²) in [6.45, 7) is 1.81. The van der Waals surface area contributed by atoms with Crippen LogP contribution in [0.5, 0.6) is 0 Å². The fraction of sp³-hybridized carbons (Fsp3) is 0.188. The molecule has 1 atom stereocenters. The van der Waals surface area contributed by atoms with Crippen LogP contribution in [0.25, 0.3) is 11.0 Å². The van der Waals surface area contributed by atoms with Gasteiger partial charge in [0, 0.05) is 30.2 Å². The number of rotatable bonds is 5. The standard InChI is InChI=1S/C16H16N2O3S/c1-12(18-22(19,20)15-6-4-8-17-11-15)9-14-10-13-5-2-3-7-16(13)21-14/h2-8,10-12,18H,9H2,1H3. The van der Waals surface area contributed by atoms with E-state index < -0.39 is 10.0 Å². The molecule has 0 amide bonds. The third-order valence-corrected chi connectivity index (χ3v) is 4.86. The molecule has 0 aliphatic heterocycles. The number of nitrogens with zero attached hydrogens (tertiary/aromatic N) is 1. The Balaban J connectivity index is 1.73. The van der Waals surface area contributed by atoms with Gasteiger partial charge in [-0.2, -0.15) is 0 Å². The van der Waals surface area contributed by atoms with Crippen LogP contribution in [0.4, 0.5) is 0 Å². The minimum atomic E-state index is -3.56. The number of sulfonamides is 1. The topological polar surface area (TPSA) is 72.2 Å². The highest BCUT2D eigenvalue weighted by atomic mass is 32.2. The van der Waals surface area contributed by atoms with Crippen molar-refractivity contribution in [3.05, 3.63) is 60.6 Å². The van der Waals surface area contributed by atoms with E-state index in [9.17, 15) is 8.42 Å². The second kappa shape index (κ2) is 5.90. The molecule has 1 N–H and O–H groups in total. The zero-order valence-electron chi connectivity index (χ0n) is 12.1. The van der Waals surface area contributed by atoms with Gasteiger partial charge in [-0.25, -0.2) is 13.1 Å². The molecule has 6 heteroatoms. The van der Waals surface area contributed by atoms with Crippen LogP contribution in [0.2, 0.25) is 0 Å². The zero-order valence-corrected chi connectivity index (χ0v) is 12.9. The van der Waals surface area contributed by atoms with Crippen molar-refractivity contribution in [2.24, 2.45) is 0 Å². The Morgan fingerprint density at radius 3 is 2.77 bits per heavy atom. The molecule has 5 nitrogen and oxygen atoms in total. The van der Waals surface area contributed by atoms with Crippen molar-refractivity contribution in [1.29, 1.82) is 0 Å². The van der Waals surface area contributed by atoms with Crippen LogP contribution >= 0.6 is 0 Å². The van der Waals surface area contributed by atoms with E-state index in [2.05, 4.69) is 9.71 Å². The monoisotopic (exact) mass is 316 g/mol. The molecule has 2 aromatic heterocycles. The highest BCUT2D eigenvalue weighted by molar-refractivity contribution is 7.89. The van der Waals surface area contributed by atoms with Gasteiger partial charge in [0.1, 0.15) is 16.2 Å². The van der Waals surface area contributed by atoms with Gasteiger partial charge in [-0.3, -0.25) is 4.98 Å². The molecule has 1 unspecified atom stereocenters. The Morgan fingerprint density at radius 2 is 2.05 bits per heavy atom. The Hall–Kier alpha value is -2.18. The van der Waals surface area contributed by atoms with Crippen molar-refractivity contribution in [2.45, 2.75) is 24.3 Å². The molecule has 114 valence electrons. The number of pyridine rings is 1. The molecule has 3 aromatic rings. The third kappa shape index (κ3) is 3.18. The van der Waals surface area contributed by atoms with Crippen molar-refractivity contribution in [2.75, 3.05) is 0 Å². The summed E-state index contributed by atoms with van der Waals surface area (Å²) in [5, 5.41) is 1.01. The lowest BCUT2D eigenvalue weighted by Gasteiger charge is -2.12. The molecule has 0 fully saturated rings. The number of hydrogen-bond donors (Lipinski definition) is 1. The summed E-state index contributed by atoms with van der Waals surface area (Å²) in [5.74, 6) is 0.752. The Morgan fingerprint density at radius 1 is 1.23 bits per heavy atom. The fourth-order valence-electron chi connectivity index (χ4n) is 2.32. The Kier molecular flexibility index (Phi) is 3.96. The van der Waals surface area contributed by atoms with Gasteiger partial charge in [0.15, 0.2) is 0 Å². The average molecular weight is 316 g/mol. The predicted molar refractivity (Wildman–Crippen MR) is 83.9 cm³/mol. The molecule has 0 saturated heterocycles. The molecule has 2 heterocycles. The van der Waals surface area contributed by atoms with Gasteiger partial charge in [-0.1, -0.05) is 18.2 Å².